The lowest BCUT2D eigenvalue weighted by atomic mass is 10.2. The Bertz CT molecular complexity index is 347. The summed E-state index contributed by atoms with van der Waals surface area (Å²) >= 11 is 0. The first kappa shape index (κ1) is 10.4. The van der Waals surface area contributed by atoms with Crippen LogP contribution in [0.15, 0.2) is 18.2 Å². The van der Waals surface area contributed by atoms with Crippen molar-refractivity contribution >= 4 is 11.7 Å². The molecule has 3 N–H and O–H groups in total. The smallest absolute Gasteiger partial charge is 0.335 e. The fourth-order valence-corrected chi connectivity index (χ4v) is 1.04. The van der Waals surface area contributed by atoms with Gasteiger partial charge in [0.15, 0.2) is 0 Å². The van der Waals surface area contributed by atoms with Crippen LogP contribution in [0.2, 0.25) is 0 Å². The Labute approximate surface area is 82.3 Å². The third-order valence-corrected chi connectivity index (χ3v) is 1.62. The molecule has 0 spiro atoms. The van der Waals surface area contributed by atoms with Crippen LogP contribution in [0.1, 0.15) is 24.2 Å². The Morgan fingerprint density at radius 2 is 2.14 bits per heavy atom. The van der Waals surface area contributed by atoms with Crippen LogP contribution in [-0.4, -0.2) is 17.2 Å². The van der Waals surface area contributed by atoms with Gasteiger partial charge in [0.05, 0.1) is 17.4 Å². The highest BCUT2D eigenvalue weighted by atomic mass is 16.5. The zero-order chi connectivity index (χ0) is 10.7. The van der Waals surface area contributed by atoms with Gasteiger partial charge in [0, 0.05) is 0 Å². The number of aromatic carboxylic acids is 1. The standard InChI is InChI=1S/C10H13NO3/c1-6(2)14-9-4-3-7(10(12)13)5-8(9)11/h3-6H,11H2,1-2H3,(H,12,13). The second-order valence-electron chi connectivity index (χ2n) is 3.22. The van der Waals surface area contributed by atoms with Crippen molar-refractivity contribution < 1.29 is 14.6 Å². The number of benzene rings is 1. The van der Waals surface area contributed by atoms with Crippen LogP contribution in [0.5, 0.6) is 5.75 Å². The average molecular weight is 195 g/mol. The van der Waals surface area contributed by atoms with Crippen LogP contribution in [0.3, 0.4) is 0 Å². The van der Waals surface area contributed by atoms with E-state index in [9.17, 15) is 4.79 Å². The Hall–Kier alpha value is -1.71. The molecule has 0 aliphatic heterocycles. The Balaban J connectivity index is 2.95. The van der Waals surface area contributed by atoms with Crippen molar-refractivity contribution in [2.75, 3.05) is 5.73 Å². The van der Waals surface area contributed by atoms with Crippen LogP contribution >= 0.6 is 0 Å². The Morgan fingerprint density at radius 3 is 2.57 bits per heavy atom. The SMILES string of the molecule is CC(C)Oc1ccc(C(=O)O)cc1N. The molecule has 1 aromatic rings. The molecule has 0 radical (unpaired) electrons. The lowest BCUT2D eigenvalue weighted by molar-refractivity contribution is 0.0697. The Morgan fingerprint density at radius 1 is 1.50 bits per heavy atom. The van der Waals surface area contributed by atoms with Crippen molar-refractivity contribution in [3.63, 3.8) is 0 Å². The second-order valence-corrected chi connectivity index (χ2v) is 3.22. The minimum absolute atomic E-state index is 0.0213. The molecule has 0 saturated heterocycles. The number of nitrogen functional groups attached to an aromatic ring is 1. The predicted octanol–water partition coefficient (Wildman–Crippen LogP) is 1.75. The van der Waals surface area contributed by atoms with E-state index in [0.717, 1.165) is 0 Å². The first-order chi connectivity index (χ1) is 6.50. The van der Waals surface area contributed by atoms with Crippen molar-refractivity contribution in [1.82, 2.24) is 0 Å². The van der Waals surface area contributed by atoms with E-state index in [1.165, 1.54) is 12.1 Å². The minimum atomic E-state index is -0.993. The van der Waals surface area contributed by atoms with Gasteiger partial charge in [-0.15, -0.1) is 0 Å². The van der Waals surface area contributed by atoms with Crippen LogP contribution in [-0.2, 0) is 0 Å². The molecule has 0 unspecified atom stereocenters. The van der Waals surface area contributed by atoms with Crippen molar-refractivity contribution in [3.05, 3.63) is 23.8 Å². The van der Waals surface area contributed by atoms with Gasteiger partial charge in [-0.25, -0.2) is 4.79 Å². The highest BCUT2D eigenvalue weighted by Crippen LogP contribution is 2.23. The molecule has 0 bridgehead atoms. The first-order valence-corrected chi connectivity index (χ1v) is 4.30. The third kappa shape index (κ3) is 2.39. The molecule has 0 atom stereocenters. The van der Waals surface area contributed by atoms with Gasteiger partial charge < -0.3 is 15.6 Å². The van der Waals surface area contributed by atoms with E-state index in [1.807, 2.05) is 13.8 Å². The molecule has 1 rings (SSSR count). The van der Waals surface area contributed by atoms with Crippen LogP contribution in [0.4, 0.5) is 5.69 Å². The van der Waals surface area contributed by atoms with Crippen molar-refractivity contribution in [1.29, 1.82) is 0 Å². The van der Waals surface area contributed by atoms with Gasteiger partial charge >= 0.3 is 5.97 Å². The van der Waals surface area contributed by atoms with Gasteiger partial charge in [0.25, 0.3) is 0 Å². The van der Waals surface area contributed by atoms with Gasteiger partial charge in [-0.3, -0.25) is 0 Å². The highest BCUT2D eigenvalue weighted by Gasteiger charge is 2.07. The molecule has 0 saturated carbocycles. The van der Waals surface area contributed by atoms with E-state index in [4.69, 9.17) is 15.6 Å². The average Bonchev–Trinajstić information content (AvgIpc) is 2.07. The molecule has 0 aromatic heterocycles. The fourth-order valence-electron chi connectivity index (χ4n) is 1.04. The maximum absolute atomic E-state index is 10.6. The summed E-state index contributed by atoms with van der Waals surface area (Å²) < 4.78 is 5.36. The number of ether oxygens (including phenoxy) is 1. The topological polar surface area (TPSA) is 72.5 Å². The molecule has 0 aliphatic rings. The number of carboxylic acids is 1. The molecular formula is C10H13NO3. The molecule has 0 fully saturated rings. The van der Waals surface area contributed by atoms with E-state index in [1.54, 1.807) is 6.07 Å². The second kappa shape index (κ2) is 4.00. The lowest BCUT2D eigenvalue weighted by Gasteiger charge is -2.11. The number of anilines is 1. The van der Waals surface area contributed by atoms with Crippen LogP contribution in [0, 0.1) is 0 Å². The van der Waals surface area contributed by atoms with Crippen molar-refractivity contribution in [2.24, 2.45) is 0 Å². The minimum Gasteiger partial charge on any atom is -0.489 e. The number of carbonyl (C=O) groups is 1. The van der Waals surface area contributed by atoms with Gasteiger partial charge in [-0.1, -0.05) is 0 Å². The van der Waals surface area contributed by atoms with E-state index in [-0.39, 0.29) is 11.7 Å². The number of carboxylic acid groups (broad SMARTS) is 1. The van der Waals surface area contributed by atoms with E-state index >= 15 is 0 Å². The molecule has 0 amide bonds. The molecule has 0 aliphatic carbocycles. The maximum Gasteiger partial charge on any atom is 0.335 e. The molecule has 4 nitrogen and oxygen atoms in total. The van der Waals surface area contributed by atoms with Gasteiger partial charge in [0.2, 0.25) is 0 Å². The molecule has 76 valence electrons. The summed E-state index contributed by atoms with van der Waals surface area (Å²) in [5, 5.41) is 8.69. The normalized spacial score (nSPS) is 10.2. The zero-order valence-electron chi connectivity index (χ0n) is 8.15. The summed E-state index contributed by atoms with van der Waals surface area (Å²) in [6, 6.07) is 4.43. The quantitative estimate of drug-likeness (QED) is 0.721. The molecule has 4 heteroatoms. The summed E-state index contributed by atoms with van der Waals surface area (Å²) in [6.45, 7) is 3.76. The number of nitrogens with two attached hydrogens (primary N) is 1. The van der Waals surface area contributed by atoms with Crippen molar-refractivity contribution in [2.45, 2.75) is 20.0 Å². The third-order valence-electron chi connectivity index (χ3n) is 1.62. The summed E-state index contributed by atoms with van der Waals surface area (Å²) in [7, 11) is 0. The van der Waals surface area contributed by atoms with E-state index in [2.05, 4.69) is 0 Å². The summed E-state index contributed by atoms with van der Waals surface area (Å²) in [5.41, 5.74) is 6.13. The van der Waals surface area contributed by atoms with Gasteiger partial charge in [0.1, 0.15) is 5.75 Å². The number of rotatable bonds is 3. The zero-order valence-corrected chi connectivity index (χ0v) is 8.15. The molecule has 1 aromatic carbocycles. The largest absolute Gasteiger partial charge is 0.489 e. The van der Waals surface area contributed by atoms with Crippen molar-refractivity contribution in [3.8, 4) is 5.75 Å². The van der Waals surface area contributed by atoms with Crippen LogP contribution in [0.25, 0.3) is 0 Å². The predicted molar refractivity (Wildman–Crippen MR) is 53.6 cm³/mol. The van der Waals surface area contributed by atoms with E-state index in [0.29, 0.717) is 11.4 Å². The number of hydrogen-bond donors (Lipinski definition) is 2. The van der Waals surface area contributed by atoms with Crippen LogP contribution < -0.4 is 10.5 Å². The number of hydrogen-bond acceptors (Lipinski definition) is 3. The fraction of sp³-hybridized carbons (Fsp3) is 0.300. The van der Waals surface area contributed by atoms with Gasteiger partial charge in [-0.2, -0.15) is 0 Å². The highest BCUT2D eigenvalue weighted by molar-refractivity contribution is 5.89. The summed E-state index contributed by atoms with van der Waals surface area (Å²) in [5.74, 6) is -0.474. The molecule has 0 heterocycles. The van der Waals surface area contributed by atoms with Gasteiger partial charge in [-0.05, 0) is 32.0 Å². The molecular weight excluding hydrogens is 182 g/mol. The monoisotopic (exact) mass is 195 g/mol. The summed E-state index contributed by atoms with van der Waals surface area (Å²) in [6.07, 6.45) is 0.0213. The maximum atomic E-state index is 10.6. The van der Waals surface area contributed by atoms with E-state index < -0.39 is 5.97 Å². The molecule has 14 heavy (non-hydrogen) atoms. The Kier molecular flexibility index (Phi) is 2.96. The lowest BCUT2D eigenvalue weighted by Crippen LogP contribution is -2.08. The summed E-state index contributed by atoms with van der Waals surface area (Å²) in [4.78, 5) is 10.6. The first-order valence-electron chi connectivity index (χ1n) is 4.30.